The Morgan fingerprint density at radius 1 is 0.865 bits per heavy atom. The number of carboxylic acid groups (broad SMARTS) is 1. The van der Waals surface area contributed by atoms with Gasteiger partial charge in [-0.25, -0.2) is 4.79 Å². The number of methoxy groups -OCH3 is 1. The highest BCUT2D eigenvalue weighted by Gasteiger charge is 2.23. The normalized spacial score (nSPS) is 14.9. The lowest BCUT2D eigenvalue weighted by Gasteiger charge is -2.22. The minimum atomic E-state index is -0.968. The average molecular weight is 501 g/mol. The van der Waals surface area contributed by atoms with Crippen LogP contribution in [0.2, 0.25) is 0 Å². The molecule has 0 saturated carbocycles. The zero-order valence-corrected chi connectivity index (χ0v) is 21.9. The summed E-state index contributed by atoms with van der Waals surface area (Å²) in [5, 5.41) is 9.18. The summed E-state index contributed by atoms with van der Waals surface area (Å²) in [6.45, 7) is 5.22. The van der Waals surface area contributed by atoms with E-state index in [1.54, 1.807) is 0 Å². The zero-order chi connectivity index (χ0) is 26.2. The summed E-state index contributed by atoms with van der Waals surface area (Å²) in [6, 6.07) is 20.8. The van der Waals surface area contributed by atoms with E-state index in [-0.39, 0.29) is 6.10 Å². The van der Waals surface area contributed by atoms with Crippen molar-refractivity contribution < 1.29 is 24.1 Å². The summed E-state index contributed by atoms with van der Waals surface area (Å²) in [5.41, 5.74) is 8.29. The molecule has 0 aromatic heterocycles. The molecule has 1 aliphatic carbocycles. The molecule has 0 amide bonds. The fraction of sp³-hybridized carbons (Fsp3) is 0.344. The molecule has 194 valence electrons. The number of hydrogen-bond donors (Lipinski definition) is 1. The second kappa shape index (κ2) is 12.7. The second-order valence-electron chi connectivity index (χ2n) is 9.37. The van der Waals surface area contributed by atoms with Crippen molar-refractivity contribution in [2.75, 3.05) is 20.3 Å². The molecule has 5 nitrogen and oxygen atoms in total. The van der Waals surface area contributed by atoms with Crippen molar-refractivity contribution in [2.45, 2.75) is 51.7 Å². The molecule has 3 aromatic carbocycles. The molecule has 37 heavy (non-hydrogen) atoms. The van der Waals surface area contributed by atoms with Gasteiger partial charge in [0.2, 0.25) is 0 Å². The van der Waals surface area contributed by atoms with Crippen molar-refractivity contribution in [1.82, 2.24) is 0 Å². The lowest BCUT2D eigenvalue weighted by molar-refractivity contribution is -0.148. The summed E-state index contributed by atoms with van der Waals surface area (Å²) in [5.74, 6) is -0.249. The van der Waals surface area contributed by atoms with E-state index in [1.807, 2.05) is 24.3 Å². The first-order valence-corrected chi connectivity index (χ1v) is 13.0. The van der Waals surface area contributed by atoms with Gasteiger partial charge in [0.25, 0.3) is 0 Å². The van der Waals surface area contributed by atoms with Gasteiger partial charge < -0.3 is 19.3 Å². The molecule has 0 radical (unpaired) electrons. The van der Waals surface area contributed by atoms with Crippen LogP contribution in [0.3, 0.4) is 0 Å². The smallest absolute Gasteiger partial charge is 0.333 e. The Bertz CT molecular complexity index is 1230. The number of benzene rings is 3. The molecule has 0 aliphatic heterocycles. The molecule has 3 aromatic rings. The maximum Gasteiger partial charge on any atom is 0.333 e. The van der Waals surface area contributed by atoms with Crippen LogP contribution in [0.25, 0.3) is 12.2 Å². The van der Waals surface area contributed by atoms with Crippen LogP contribution in [0.5, 0.6) is 5.75 Å². The standard InChI is InChI=1S/C32H36O5/c1-4-6-23-10-16-29-26(20-23)12-11-25-19-22(5-2)9-15-28(25)31(29)37-18-17-36-27-13-7-24(8-14-27)21-30(35-3)32(33)34/h7-16,19-20,30-31H,4-6,17-18,21H2,1-3H3,(H,33,34). The molecule has 0 spiro atoms. The summed E-state index contributed by atoms with van der Waals surface area (Å²) in [7, 11) is 1.41. The fourth-order valence-corrected chi connectivity index (χ4v) is 4.74. The molecule has 0 saturated heterocycles. The van der Waals surface area contributed by atoms with E-state index in [2.05, 4.69) is 62.4 Å². The van der Waals surface area contributed by atoms with E-state index < -0.39 is 12.1 Å². The van der Waals surface area contributed by atoms with Crippen LogP contribution in [-0.4, -0.2) is 37.5 Å². The molecule has 0 heterocycles. The number of ether oxygens (including phenoxy) is 3. The maximum atomic E-state index is 11.2. The Hall–Kier alpha value is -3.41. The highest BCUT2D eigenvalue weighted by molar-refractivity contribution is 5.77. The van der Waals surface area contributed by atoms with Gasteiger partial charge in [0.15, 0.2) is 6.10 Å². The van der Waals surface area contributed by atoms with Gasteiger partial charge in [-0.15, -0.1) is 0 Å². The molecule has 2 atom stereocenters. The Morgan fingerprint density at radius 2 is 1.49 bits per heavy atom. The average Bonchev–Trinajstić information content (AvgIpc) is 3.06. The van der Waals surface area contributed by atoms with Crippen molar-refractivity contribution >= 4 is 18.1 Å². The van der Waals surface area contributed by atoms with Crippen molar-refractivity contribution in [3.05, 3.63) is 99.6 Å². The minimum absolute atomic E-state index is 0.172. The molecule has 0 bridgehead atoms. The van der Waals surface area contributed by atoms with E-state index in [1.165, 1.54) is 40.5 Å². The largest absolute Gasteiger partial charge is 0.491 e. The Labute approximate surface area is 219 Å². The molecule has 5 heteroatoms. The number of aliphatic carboxylic acids is 1. The zero-order valence-electron chi connectivity index (χ0n) is 21.9. The lowest BCUT2D eigenvalue weighted by atomic mass is 9.93. The summed E-state index contributed by atoms with van der Waals surface area (Å²) < 4.78 is 17.4. The molecular weight excluding hydrogens is 464 g/mol. The van der Waals surface area contributed by atoms with Gasteiger partial charge in [-0.05, 0) is 63.9 Å². The van der Waals surface area contributed by atoms with Gasteiger partial charge in [0, 0.05) is 13.5 Å². The Kier molecular flexibility index (Phi) is 9.15. The molecular formula is C32H36O5. The third kappa shape index (κ3) is 6.68. The first-order chi connectivity index (χ1) is 18.0. The van der Waals surface area contributed by atoms with Gasteiger partial charge in [-0.3, -0.25) is 0 Å². The van der Waals surface area contributed by atoms with E-state index in [0.29, 0.717) is 19.6 Å². The fourth-order valence-electron chi connectivity index (χ4n) is 4.74. The van der Waals surface area contributed by atoms with Crippen LogP contribution in [0, 0.1) is 0 Å². The monoisotopic (exact) mass is 500 g/mol. The predicted molar refractivity (Wildman–Crippen MR) is 147 cm³/mol. The number of rotatable bonds is 12. The third-order valence-electron chi connectivity index (χ3n) is 6.80. The van der Waals surface area contributed by atoms with E-state index >= 15 is 0 Å². The van der Waals surface area contributed by atoms with Crippen molar-refractivity contribution in [2.24, 2.45) is 0 Å². The highest BCUT2D eigenvalue weighted by atomic mass is 16.5. The van der Waals surface area contributed by atoms with Crippen molar-refractivity contribution in [3.8, 4) is 5.75 Å². The SMILES string of the molecule is CCCc1ccc2c(c1)C=Cc1cc(CC)ccc1C2OCCOc1ccc(CC(OC)C(=O)O)cc1. The molecule has 0 fully saturated rings. The van der Waals surface area contributed by atoms with Gasteiger partial charge in [-0.2, -0.15) is 0 Å². The van der Waals surface area contributed by atoms with Gasteiger partial charge >= 0.3 is 5.97 Å². The molecule has 2 unspecified atom stereocenters. The van der Waals surface area contributed by atoms with Crippen LogP contribution < -0.4 is 4.74 Å². The molecule has 4 rings (SSSR count). The van der Waals surface area contributed by atoms with Crippen LogP contribution in [0.15, 0.2) is 60.7 Å². The Balaban J connectivity index is 1.44. The van der Waals surface area contributed by atoms with Crippen LogP contribution in [0.1, 0.15) is 65.3 Å². The van der Waals surface area contributed by atoms with E-state index in [0.717, 1.165) is 30.6 Å². The summed E-state index contributed by atoms with van der Waals surface area (Å²) >= 11 is 0. The second-order valence-corrected chi connectivity index (χ2v) is 9.37. The first-order valence-electron chi connectivity index (χ1n) is 13.0. The summed E-state index contributed by atoms with van der Waals surface area (Å²) in [4.78, 5) is 11.2. The van der Waals surface area contributed by atoms with Gasteiger partial charge in [0.1, 0.15) is 18.5 Å². The molecule has 1 N–H and O–H groups in total. The first kappa shape index (κ1) is 26.6. The Morgan fingerprint density at radius 3 is 2.08 bits per heavy atom. The quantitative estimate of drug-likeness (QED) is 0.287. The third-order valence-corrected chi connectivity index (χ3v) is 6.80. The number of fused-ring (bicyclic) bond motifs is 2. The van der Waals surface area contributed by atoms with Crippen LogP contribution in [-0.2, 0) is 33.5 Å². The van der Waals surface area contributed by atoms with Crippen molar-refractivity contribution in [3.63, 3.8) is 0 Å². The van der Waals surface area contributed by atoms with Crippen molar-refractivity contribution in [1.29, 1.82) is 0 Å². The lowest BCUT2D eigenvalue weighted by Crippen LogP contribution is -2.24. The topological polar surface area (TPSA) is 65.0 Å². The number of aryl methyl sites for hydroxylation is 2. The predicted octanol–water partition coefficient (Wildman–Crippen LogP) is 6.51. The maximum absolute atomic E-state index is 11.2. The number of carboxylic acids is 1. The van der Waals surface area contributed by atoms with Crippen LogP contribution in [0.4, 0.5) is 0 Å². The minimum Gasteiger partial charge on any atom is -0.491 e. The number of carbonyl (C=O) groups is 1. The summed E-state index contributed by atoms with van der Waals surface area (Å²) in [6.07, 6.45) is 6.89. The number of hydrogen-bond acceptors (Lipinski definition) is 4. The van der Waals surface area contributed by atoms with E-state index in [4.69, 9.17) is 14.2 Å². The van der Waals surface area contributed by atoms with Crippen LogP contribution >= 0.6 is 0 Å². The van der Waals surface area contributed by atoms with Gasteiger partial charge in [0.05, 0.1) is 6.61 Å². The van der Waals surface area contributed by atoms with E-state index in [9.17, 15) is 9.90 Å². The highest BCUT2D eigenvalue weighted by Crippen LogP contribution is 2.36. The van der Waals surface area contributed by atoms with Gasteiger partial charge in [-0.1, -0.05) is 81.0 Å². The molecule has 1 aliphatic rings.